The van der Waals surface area contributed by atoms with Crippen LogP contribution in [0.1, 0.15) is 26.7 Å². The third-order valence-corrected chi connectivity index (χ3v) is 3.25. The van der Waals surface area contributed by atoms with Crippen LogP contribution in [0, 0.1) is 5.92 Å². The number of hydrogen-bond acceptors (Lipinski definition) is 4. The Morgan fingerprint density at radius 3 is 2.83 bits per heavy atom. The Morgan fingerprint density at radius 1 is 1.44 bits per heavy atom. The Balaban J connectivity index is 2.07. The fourth-order valence-corrected chi connectivity index (χ4v) is 2.18. The molecule has 0 saturated carbocycles. The van der Waals surface area contributed by atoms with Crippen LogP contribution in [0.15, 0.2) is 18.3 Å². The van der Waals surface area contributed by atoms with Gasteiger partial charge in [-0.15, -0.1) is 0 Å². The quantitative estimate of drug-likeness (QED) is 0.858. The van der Waals surface area contributed by atoms with Crippen LogP contribution in [0.25, 0.3) is 0 Å². The minimum Gasteiger partial charge on any atom is -0.393 e. The summed E-state index contributed by atoms with van der Waals surface area (Å²) >= 11 is 0. The van der Waals surface area contributed by atoms with Crippen molar-refractivity contribution in [3.63, 3.8) is 0 Å². The normalized spacial score (nSPS) is 17.2. The molecule has 2 heterocycles. The highest BCUT2D eigenvalue weighted by Gasteiger charge is 2.20. The van der Waals surface area contributed by atoms with Gasteiger partial charge in [-0.3, -0.25) is 0 Å². The molecule has 0 spiro atoms. The van der Waals surface area contributed by atoms with E-state index in [1.165, 1.54) is 0 Å². The van der Waals surface area contributed by atoms with Crippen molar-refractivity contribution in [2.45, 2.75) is 32.8 Å². The molecule has 2 rings (SSSR count). The van der Waals surface area contributed by atoms with Gasteiger partial charge in [-0.1, -0.05) is 13.8 Å². The predicted molar refractivity (Wildman–Crippen MR) is 75.0 cm³/mol. The van der Waals surface area contributed by atoms with Gasteiger partial charge < -0.3 is 15.3 Å². The molecule has 0 aliphatic carbocycles. The zero-order valence-electron chi connectivity index (χ0n) is 11.3. The Morgan fingerprint density at radius 2 is 2.17 bits per heavy atom. The van der Waals surface area contributed by atoms with Gasteiger partial charge in [0.1, 0.15) is 0 Å². The van der Waals surface area contributed by atoms with Crippen LogP contribution < -0.4 is 10.2 Å². The molecule has 1 aromatic heterocycles. The Bertz CT molecular complexity index is 373. The lowest BCUT2D eigenvalue weighted by Crippen LogP contribution is -2.36. The lowest BCUT2D eigenvalue weighted by molar-refractivity contribution is 0.145. The summed E-state index contributed by atoms with van der Waals surface area (Å²) in [7, 11) is 0. The van der Waals surface area contributed by atoms with Crippen molar-refractivity contribution < 1.29 is 5.11 Å². The number of nitrogens with zero attached hydrogens (tertiary/aromatic N) is 2. The SMILES string of the molecule is CC(C)CNc1cccnc1N1CCC(O)CC1. The monoisotopic (exact) mass is 249 g/mol. The number of hydrogen-bond donors (Lipinski definition) is 2. The third kappa shape index (κ3) is 3.35. The van der Waals surface area contributed by atoms with Gasteiger partial charge in [0.2, 0.25) is 0 Å². The molecule has 1 aliphatic heterocycles. The highest BCUT2D eigenvalue weighted by molar-refractivity contribution is 5.65. The molecule has 0 radical (unpaired) electrons. The fourth-order valence-electron chi connectivity index (χ4n) is 2.18. The van der Waals surface area contributed by atoms with Crippen molar-refractivity contribution in [1.82, 2.24) is 4.98 Å². The molecule has 2 N–H and O–H groups in total. The summed E-state index contributed by atoms with van der Waals surface area (Å²) in [6.45, 7) is 7.11. The van der Waals surface area contributed by atoms with Crippen LogP contribution in [-0.2, 0) is 0 Å². The molecule has 0 bridgehead atoms. The maximum Gasteiger partial charge on any atom is 0.151 e. The van der Waals surface area contributed by atoms with Gasteiger partial charge in [0.05, 0.1) is 11.8 Å². The van der Waals surface area contributed by atoms with Crippen LogP contribution >= 0.6 is 0 Å². The minimum atomic E-state index is -0.142. The standard InChI is InChI=1S/C14H23N3O/c1-11(2)10-16-13-4-3-7-15-14(13)17-8-5-12(18)6-9-17/h3-4,7,11-12,16,18H,5-6,8-10H2,1-2H3. The highest BCUT2D eigenvalue weighted by atomic mass is 16.3. The molecule has 0 unspecified atom stereocenters. The van der Waals surface area contributed by atoms with Gasteiger partial charge in [0, 0.05) is 25.8 Å². The fraction of sp³-hybridized carbons (Fsp3) is 0.643. The molecule has 1 fully saturated rings. The number of aliphatic hydroxyl groups excluding tert-OH is 1. The second kappa shape index (κ2) is 6.05. The van der Waals surface area contributed by atoms with Gasteiger partial charge in [0.25, 0.3) is 0 Å². The van der Waals surface area contributed by atoms with Gasteiger partial charge in [-0.2, -0.15) is 0 Å². The van der Waals surface area contributed by atoms with E-state index in [0.717, 1.165) is 44.0 Å². The average molecular weight is 249 g/mol. The van der Waals surface area contributed by atoms with Gasteiger partial charge in [-0.05, 0) is 30.9 Å². The summed E-state index contributed by atoms with van der Waals surface area (Å²) in [5.74, 6) is 1.63. The summed E-state index contributed by atoms with van der Waals surface area (Å²) in [5, 5.41) is 13.0. The highest BCUT2D eigenvalue weighted by Crippen LogP contribution is 2.25. The van der Waals surface area contributed by atoms with Crippen molar-refractivity contribution in [2.75, 3.05) is 29.9 Å². The molecule has 1 aliphatic rings. The van der Waals surface area contributed by atoms with Crippen molar-refractivity contribution >= 4 is 11.5 Å². The number of aliphatic hydroxyl groups is 1. The number of pyridine rings is 1. The summed E-state index contributed by atoms with van der Waals surface area (Å²) in [6, 6.07) is 4.04. The zero-order valence-corrected chi connectivity index (χ0v) is 11.3. The first-order valence-electron chi connectivity index (χ1n) is 6.78. The van der Waals surface area contributed by atoms with E-state index in [4.69, 9.17) is 0 Å². The maximum absolute atomic E-state index is 9.56. The number of rotatable bonds is 4. The molecule has 100 valence electrons. The van der Waals surface area contributed by atoms with E-state index in [2.05, 4.69) is 35.1 Å². The summed E-state index contributed by atoms with van der Waals surface area (Å²) in [4.78, 5) is 6.75. The van der Waals surface area contributed by atoms with E-state index in [0.29, 0.717) is 5.92 Å². The van der Waals surface area contributed by atoms with Crippen LogP contribution in [0.3, 0.4) is 0 Å². The first kappa shape index (κ1) is 13.1. The lowest BCUT2D eigenvalue weighted by atomic mass is 10.1. The molecule has 0 aromatic carbocycles. The molecule has 18 heavy (non-hydrogen) atoms. The molecule has 0 amide bonds. The van der Waals surface area contributed by atoms with Crippen LogP contribution in [0.2, 0.25) is 0 Å². The number of nitrogens with one attached hydrogen (secondary N) is 1. The van der Waals surface area contributed by atoms with Crippen LogP contribution in [-0.4, -0.2) is 35.8 Å². The smallest absolute Gasteiger partial charge is 0.151 e. The van der Waals surface area contributed by atoms with E-state index in [9.17, 15) is 5.11 Å². The Kier molecular flexibility index (Phi) is 4.42. The summed E-state index contributed by atoms with van der Waals surface area (Å²) < 4.78 is 0. The summed E-state index contributed by atoms with van der Waals surface area (Å²) in [5.41, 5.74) is 1.10. The molecular weight excluding hydrogens is 226 g/mol. The van der Waals surface area contributed by atoms with Crippen molar-refractivity contribution in [1.29, 1.82) is 0 Å². The number of anilines is 2. The molecular formula is C14H23N3O. The van der Waals surface area contributed by atoms with Gasteiger partial charge in [0.15, 0.2) is 5.82 Å². The minimum absolute atomic E-state index is 0.142. The van der Waals surface area contributed by atoms with E-state index < -0.39 is 0 Å². The first-order valence-corrected chi connectivity index (χ1v) is 6.78. The van der Waals surface area contributed by atoms with E-state index in [1.54, 1.807) is 0 Å². The molecule has 4 nitrogen and oxygen atoms in total. The third-order valence-electron chi connectivity index (χ3n) is 3.25. The van der Waals surface area contributed by atoms with Gasteiger partial charge >= 0.3 is 0 Å². The number of aromatic nitrogens is 1. The van der Waals surface area contributed by atoms with Crippen LogP contribution in [0.5, 0.6) is 0 Å². The van der Waals surface area contributed by atoms with Crippen molar-refractivity contribution in [3.8, 4) is 0 Å². The molecule has 0 atom stereocenters. The van der Waals surface area contributed by atoms with Crippen molar-refractivity contribution in [3.05, 3.63) is 18.3 Å². The summed E-state index contributed by atoms with van der Waals surface area (Å²) in [6.07, 6.45) is 3.36. The largest absolute Gasteiger partial charge is 0.393 e. The lowest BCUT2D eigenvalue weighted by Gasteiger charge is -2.32. The predicted octanol–water partition coefficient (Wildman–Crippen LogP) is 2.11. The molecule has 4 heteroatoms. The average Bonchev–Trinajstić information content (AvgIpc) is 2.38. The first-order chi connectivity index (χ1) is 8.66. The second-order valence-corrected chi connectivity index (χ2v) is 5.37. The Hall–Kier alpha value is -1.29. The zero-order chi connectivity index (χ0) is 13.0. The molecule has 1 saturated heterocycles. The maximum atomic E-state index is 9.56. The number of piperidine rings is 1. The topological polar surface area (TPSA) is 48.4 Å². The van der Waals surface area contributed by atoms with Crippen molar-refractivity contribution in [2.24, 2.45) is 5.92 Å². The molecule has 1 aromatic rings. The van der Waals surface area contributed by atoms with Gasteiger partial charge in [-0.25, -0.2) is 4.98 Å². The van der Waals surface area contributed by atoms with E-state index in [-0.39, 0.29) is 6.10 Å². The van der Waals surface area contributed by atoms with E-state index >= 15 is 0 Å². The van der Waals surface area contributed by atoms with Crippen LogP contribution in [0.4, 0.5) is 11.5 Å². The second-order valence-electron chi connectivity index (χ2n) is 5.37. The van der Waals surface area contributed by atoms with E-state index in [1.807, 2.05) is 12.3 Å². The Labute approximate surface area is 109 Å².